The Balaban J connectivity index is 1.52. The first-order chi connectivity index (χ1) is 10.6. The van der Waals surface area contributed by atoms with Gasteiger partial charge in [-0.1, -0.05) is 0 Å². The minimum absolute atomic E-state index is 0.00669. The molecule has 2 amide bonds. The van der Waals surface area contributed by atoms with Crippen molar-refractivity contribution in [2.24, 2.45) is 17.8 Å². The van der Waals surface area contributed by atoms with E-state index < -0.39 is 11.9 Å². The van der Waals surface area contributed by atoms with Crippen LogP contribution in [0.15, 0.2) is 0 Å². The van der Waals surface area contributed by atoms with E-state index in [0.29, 0.717) is 38.4 Å². The Bertz CT molecular complexity index is 475. The minimum atomic E-state index is -0.779. The summed E-state index contributed by atoms with van der Waals surface area (Å²) in [6, 6.07) is 0. The topological polar surface area (TPSA) is 77.9 Å². The number of carboxylic acids is 1. The molecule has 3 aliphatic rings. The summed E-state index contributed by atoms with van der Waals surface area (Å²) < 4.78 is 0. The Morgan fingerprint density at radius 2 is 1.95 bits per heavy atom. The molecule has 22 heavy (non-hydrogen) atoms. The van der Waals surface area contributed by atoms with Crippen LogP contribution in [0.5, 0.6) is 0 Å². The molecule has 0 spiro atoms. The van der Waals surface area contributed by atoms with Crippen molar-refractivity contribution in [3.63, 3.8) is 0 Å². The molecular weight excluding hydrogens is 284 g/mol. The fourth-order valence-electron chi connectivity index (χ4n) is 3.78. The van der Waals surface area contributed by atoms with Crippen LogP contribution in [0.3, 0.4) is 0 Å². The third kappa shape index (κ3) is 3.25. The predicted molar refractivity (Wildman–Crippen MR) is 79.0 cm³/mol. The van der Waals surface area contributed by atoms with Gasteiger partial charge in [-0.05, 0) is 37.5 Å². The Hall–Kier alpha value is -1.59. The smallest absolute Gasteiger partial charge is 0.308 e. The van der Waals surface area contributed by atoms with E-state index in [4.69, 9.17) is 0 Å². The van der Waals surface area contributed by atoms with Gasteiger partial charge in [0.05, 0.1) is 5.92 Å². The summed E-state index contributed by atoms with van der Waals surface area (Å²) in [5.41, 5.74) is 0. The number of rotatable bonds is 5. The molecule has 2 heterocycles. The summed E-state index contributed by atoms with van der Waals surface area (Å²) in [4.78, 5) is 38.9. The maximum absolute atomic E-state index is 12.3. The van der Waals surface area contributed by atoms with Crippen LogP contribution >= 0.6 is 0 Å². The fourth-order valence-corrected chi connectivity index (χ4v) is 3.78. The standard InChI is InChI=1S/C16H24N2O4/c19-14-3-1-2-7-17(14)8-6-15(20)18-9-12(11-4-5-11)13(10-18)16(21)22/h11-13H,1-10H2,(H,21,22)/t12-,13+/m0/s1. The van der Waals surface area contributed by atoms with Crippen LogP contribution in [0.2, 0.25) is 0 Å². The van der Waals surface area contributed by atoms with E-state index in [0.717, 1.165) is 32.2 Å². The zero-order chi connectivity index (χ0) is 15.7. The van der Waals surface area contributed by atoms with E-state index in [9.17, 15) is 19.5 Å². The number of carbonyl (C=O) groups is 3. The number of likely N-dealkylation sites (tertiary alicyclic amines) is 2. The molecule has 0 aromatic heterocycles. The van der Waals surface area contributed by atoms with E-state index in [1.165, 1.54) is 0 Å². The first-order valence-electron chi connectivity index (χ1n) is 8.34. The number of aliphatic carboxylic acids is 1. The Morgan fingerprint density at radius 1 is 1.18 bits per heavy atom. The maximum Gasteiger partial charge on any atom is 0.308 e. The van der Waals surface area contributed by atoms with E-state index in [-0.39, 0.29) is 17.7 Å². The van der Waals surface area contributed by atoms with Crippen molar-refractivity contribution >= 4 is 17.8 Å². The molecule has 6 nitrogen and oxygen atoms in total. The van der Waals surface area contributed by atoms with Gasteiger partial charge >= 0.3 is 5.97 Å². The van der Waals surface area contributed by atoms with Crippen molar-refractivity contribution < 1.29 is 19.5 Å². The third-order valence-corrected chi connectivity index (χ3v) is 5.28. The summed E-state index contributed by atoms with van der Waals surface area (Å²) in [6.07, 6.45) is 5.04. The second kappa shape index (κ2) is 6.26. The molecule has 0 aromatic rings. The van der Waals surface area contributed by atoms with Crippen molar-refractivity contribution in [3.05, 3.63) is 0 Å². The number of hydrogen-bond donors (Lipinski definition) is 1. The summed E-state index contributed by atoms with van der Waals surface area (Å²) in [7, 11) is 0. The number of piperidine rings is 1. The van der Waals surface area contributed by atoms with Crippen molar-refractivity contribution in [1.29, 1.82) is 0 Å². The molecule has 0 bridgehead atoms. The summed E-state index contributed by atoms with van der Waals surface area (Å²) in [5.74, 6) is -0.445. The highest BCUT2D eigenvalue weighted by Gasteiger charge is 2.46. The average molecular weight is 308 g/mol. The number of hydrogen-bond acceptors (Lipinski definition) is 3. The van der Waals surface area contributed by atoms with Gasteiger partial charge in [-0.2, -0.15) is 0 Å². The monoisotopic (exact) mass is 308 g/mol. The molecule has 0 unspecified atom stereocenters. The molecule has 2 atom stereocenters. The second-order valence-electron chi connectivity index (χ2n) is 6.83. The largest absolute Gasteiger partial charge is 0.481 e. The summed E-state index contributed by atoms with van der Waals surface area (Å²) >= 11 is 0. The lowest BCUT2D eigenvalue weighted by molar-refractivity contribution is -0.142. The predicted octanol–water partition coefficient (Wildman–Crippen LogP) is 0.958. The highest BCUT2D eigenvalue weighted by Crippen LogP contribution is 2.44. The molecular formula is C16H24N2O4. The van der Waals surface area contributed by atoms with Gasteiger partial charge in [0, 0.05) is 39.0 Å². The van der Waals surface area contributed by atoms with E-state index in [2.05, 4.69) is 0 Å². The lowest BCUT2D eigenvalue weighted by atomic mass is 9.92. The summed E-state index contributed by atoms with van der Waals surface area (Å²) in [5, 5.41) is 9.34. The van der Waals surface area contributed by atoms with Crippen molar-refractivity contribution in [2.45, 2.75) is 38.5 Å². The van der Waals surface area contributed by atoms with Crippen LogP contribution in [-0.4, -0.2) is 58.9 Å². The van der Waals surface area contributed by atoms with Gasteiger partial charge in [0.1, 0.15) is 0 Å². The Kier molecular flexibility index (Phi) is 4.36. The van der Waals surface area contributed by atoms with Gasteiger partial charge in [0.25, 0.3) is 0 Å². The molecule has 1 aliphatic carbocycles. The van der Waals surface area contributed by atoms with Gasteiger partial charge < -0.3 is 14.9 Å². The van der Waals surface area contributed by atoms with Crippen LogP contribution in [0.1, 0.15) is 38.5 Å². The lowest BCUT2D eigenvalue weighted by Gasteiger charge is -2.27. The van der Waals surface area contributed by atoms with Gasteiger partial charge in [0.2, 0.25) is 11.8 Å². The normalized spacial score (nSPS) is 29.0. The van der Waals surface area contributed by atoms with Crippen LogP contribution < -0.4 is 0 Å². The second-order valence-corrected chi connectivity index (χ2v) is 6.83. The van der Waals surface area contributed by atoms with Crippen LogP contribution in [0, 0.1) is 17.8 Å². The molecule has 1 saturated carbocycles. The highest BCUT2D eigenvalue weighted by molar-refractivity contribution is 5.81. The fraction of sp³-hybridized carbons (Fsp3) is 0.812. The van der Waals surface area contributed by atoms with Crippen LogP contribution in [0.25, 0.3) is 0 Å². The average Bonchev–Trinajstić information content (AvgIpc) is 3.24. The Labute approximate surface area is 130 Å². The SMILES string of the molecule is O=C(O)[C@@H]1CN(C(=O)CCN2CCCCC2=O)C[C@H]1C1CC1. The van der Waals surface area contributed by atoms with Gasteiger partial charge in [0.15, 0.2) is 0 Å². The lowest BCUT2D eigenvalue weighted by Crippen LogP contribution is -2.39. The van der Waals surface area contributed by atoms with E-state index >= 15 is 0 Å². The Morgan fingerprint density at radius 3 is 2.59 bits per heavy atom. The molecule has 0 radical (unpaired) electrons. The number of carbonyl (C=O) groups excluding carboxylic acids is 2. The molecule has 3 rings (SSSR count). The van der Waals surface area contributed by atoms with Gasteiger partial charge in [-0.3, -0.25) is 14.4 Å². The number of carboxylic acid groups (broad SMARTS) is 1. The van der Waals surface area contributed by atoms with Crippen molar-refractivity contribution in [3.8, 4) is 0 Å². The number of nitrogens with zero attached hydrogens (tertiary/aromatic N) is 2. The molecule has 6 heteroatoms. The van der Waals surface area contributed by atoms with Crippen LogP contribution in [-0.2, 0) is 14.4 Å². The molecule has 2 saturated heterocycles. The van der Waals surface area contributed by atoms with Crippen LogP contribution in [0.4, 0.5) is 0 Å². The minimum Gasteiger partial charge on any atom is -0.481 e. The van der Waals surface area contributed by atoms with Crippen molar-refractivity contribution in [1.82, 2.24) is 9.80 Å². The quantitative estimate of drug-likeness (QED) is 0.820. The summed E-state index contributed by atoms with van der Waals surface area (Å²) in [6.45, 7) is 2.13. The van der Waals surface area contributed by atoms with Crippen molar-refractivity contribution in [2.75, 3.05) is 26.2 Å². The zero-order valence-corrected chi connectivity index (χ0v) is 12.9. The molecule has 122 valence electrons. The molecule has 0 aromatic carbocycles. The molecule has 3 fully saturated rings. The van der Waals surface area contributed by atoms with Gasteiger partial charge in [-0.25, -0.2) is 0 Å². The maximum atomic E-state index is 12.3. The number of amides is 2. The van der Waals surface area contributed by atoms with E-state index in [1.54, 1.807) is 9.80 Å². The third-order valence-electron chi connectivity index (χ3n) is 5.28. The zero-order valence-electron chi connectivity index (χ0n) is 12.9. The van der Waals surface area contributed by atoms with Gasteiger partial charge in [-0.15, -0.1) is 0 Å². The molecule has 2 aliphatic heterocycles. The first-order valence-corrected chi connectivity index (χ1v) is 8.34. The highest BCUT2D eigenvalue weighted by atomic mass is 16.4. The van der Waals surface area contributed by atoms with E-state index in [1.807, 2.05) is 0 Å². The first kappa shape index (κ1) is 15.3. The molecule has 1 N–H and O–H groups in total.